The largest absolute Gasteiger partial charge is 0.497 e. The van der Waals surface area contributed by atoms with Gasteiger partial charge in [0.1, 0.15) is 11.5 Å². The van der Waals surface area contributed by atoms with Gasteiger partial charge in [0.25, 0.3) is 17.4 Å². The van der Waals surface area contributed by atoms with E-state index in [0.717, 1.165) is 17.8 Å². The minimum Gasteiger partial charge on any atom is -0.497 e. The number of amides is 2. The van der Waals surface area contributed by atoms with Crippen molar-refractivity contribution in [3.8, 4) is 28.7 Å². The number of nitrogens with zero attached hydrogens (tertiary/aromatic N) is 2. The maximum absolute atomic E-state index is 13.7. The maximum atomic E-state index is 13.7. The molecular weight excluding hydrogens is 616 g/mol. The molecule has 12 heteroatoms. The number of methoxy groups -OCH3 is 5. The monoisotopic (exact) mass is 654 g/mol. The molecule has 1 fully saturated rings. The van der Waals surface area contributed by atoms with Crippen molar-refractivity contribution in [1.29, 1.82) is 0 Å². The topological polar surface area (TPSA) is 130 Å². The van der Waals surface area contributed by atoms with Gasteiger partial charge in [-0.05, 0) is 48.7 Å². The second kappa shape index (κ2) is 13.6. The lowest BCUT2D eigenvalue weighted by Crippen LogP contribution is -2.47. The molecule has 0 radical (unpaired) electrons. The van der Waals surface area contributed by atoms with Gasteiger partial charge in [0.05, 0.1) is 46.9 Å². The van der Waals surface area contributed by atoms with E-state index in [4.69, 9.17) is 23.7 Å². The average molecular weight is 655 g/mol. The third-order valence-electron chi connectivity index (χ3n) is 8.86. The quantitative estimate of drug-likeness (QED) is 0.242. The number of ether oxygens (including phenoxy) is 5. The molecule has 0 unspecified atom stereocenters. The summed E-state index contributed by atoms with van der Waals surface area (Å²) < 4.78 is 28.9. The molecule has 4 aromatic rings. The van der Waals surface area contributed by atoms with Crippen molar-refractivity contribution in [3.63, 3.8) is 0 Å². The number of aromatic nitrogens is 1. The molecule has 0 saturated carbocycles. The lowest BCUT2D eigenvalue weighted by molar-refractivity contribution is 0.101. The minimum absolute atomic E-state index is 0.0137. The van der Waals surface area contributed by atoms with Crippen LogP contribution in [0.25, 0.3) is 0 Å². The van der Waals surface area contributed by atoms with Crippen LogP contribution in [0, 0.1) is 5.92 Å². The minimum atomic E-state index is -0.404. The first-order chi connectivity index (χ1) is 23.2. The van der Waals surface area contributed by atoms with Gasteiger partial charge in [-0.2, -0.15) is 0 Å². The number of fused-ring (bicyclic) bond motifs is 4. The molecular formula is C36H38N4O8. The fourth-order valence-corrected chi connectivity index (χ4v) is 6.64. The van der Waals surface area contributed by atoms with Crippen molar-refractivity contribution in [3.05, 3.63) is 93.9 Å². The standard InChI is InChI=1S/C36H38N4O8/c1-44-26-12-23(13-27(17-26)45-2)36(43)38-28-14-22(35(42)37-25-15-31(46-3)34(48-5)32(16-25)47-4)9-10-30(28)39-18-21-11-24(20-39)29-7-6-8-33(41)40(29)19-21/h6-10,12-17,21,24H,11,18-20H2,1-5H3,(H,37,42)(H,38,43)/t21-,24+/m1/s1. The van der Waals surface area contributed by atoms with Crippen LogP contribution in [0.3, 0.4) is 0 Å². The zero-order chi connectivity index (χ0) is 33.9. The van der Waals surface area contributed by atoms with Gasteiger partial charge in [-0.3, -0.25) is 14.4 Å². The van der Waals surface area contributed by atoms with Gasteiger partial charge in [-0.15, -0.1) is 0 Å². The summed E-state index contributed by atoms with van der Waals surface area (Å²) in [5.74, 6) is 1.70. The highest BCUT2D eigenvalue weighted by Crippen LogP contribution is 2.41. The first-order valence-corrected chi connectivity index (χ1v) is 15.5. The van der Waals surface area contributed by atoms with E-state index in [1.54, 1.807) is 48.5 Å². The Morgan fingerprint density at radius 3 is 2.04 bits per heavy atom. The number of piperidine rings is 1. The highest BCUT2D eigenvalue weighted by atomic mass is 16.5. The van der Waals surface area contributed by atoms with Crippen LogP contribution in [0.5, 0.6) is 28.7 Å². The summed E-state index contributed by atoms with van der Waals surface area (Å²) in [6, 6.07) is 18.9. The Bertz CT molecular complexity index is 1880. The van der Waals surface area contributed by atoms with Gasteiger partial charge < -0.3 is 43.8 Å². The van der Waals surface area contributed by atoms with Crippen LogP contribution in [0.2, 0.25) is 0 Å². The van der Waals surface area contributed by atoms with Crippen LogP contribution in [0.4, 0.5) is 17.1 Å². The molecule has 2 bridgehead atoms. The number of carbonyl (C=O) groups excluding carboxylic acids is 2. The van der Waals surface area contributed by atoms with Crippen molar-refractivity contribution in [2.45, 2.75) is 18.9 Å². The smallest absolute Gasteiger partial charge is 0.255 e. The molecule has 6 rings (SSSR count). The predicted octanol–water partition coefficient (Wildman–Crippen LogP) is 5.02. The second-order valence-electron chi connectivity index (χ2n) is 11.8. The normalized spacial score (nSPS) is 16.3. The number of benzene rings is 3. The number of nitrogens with one attached hydrogen (secondary N) is 2. The van der Waals surface area contributed by atoms with Crippen molar-refractivity contribution in [1.82, 2.24) is 4.57 Å². The maximum Gasteiger partial charge on any atom is 0.255 e. The van der Waals surface area contributed by atoms with E-state index in [1.807, 2.05) is 22.8 Å². The Labute approximate surface area is 278 Å². The Morgan fingerprint density at radius 1 is 0.708 bits per heavy atom. The summed E-state index contributed by atoms with van der Waals surface area (Å²) in [6.07, 6.45) is 0.973. The molecule has 2 amide bonds. The molecule has 3 aromatic carbocycles. The first kappa shape index (κ1) is 32.3. The summed E-state index contributed by atoms with van der Waals surface area (Å²) in [4.78, 5) is 42.2. The number of pyridine rings is 1. The van der Waals surface area contributed by atoms with Gasteiger partial charge in [0.2, 0.25) is 5.75 Å². The van der Waals surface area contributed by atoms with Crippen molar-refractivity contribution < 1.29 is 33.3 Å². The zero-order valence-electron chi connectivity index (χ0n) is 27.5. The van der Waals surface area contributed by atoms with Gasteiger partial charge >= 0.3 is 0 Å². The Hall–Kier alpha value is -5.65. The summed E-state index contributed by atoms with van der Waals surface area (Å²) in [5.41, 5.74) is 3.34. The number of hydrogen-bond donors (Lipinski definition) is 2. The number of hydrogen-bond acceptors (Lipinski definition) is 9. The molecule has 0 aliphatic carbocycles. The van der Waals surface area contributed by atoms with Crippen LogP contribution in [-0.4, -0.2) is 65.0 Å². The average Bonchev–Trinajstić information content (AvgIpc) is 3.11. The zero-order valence-corrected chi connectivity index (χ0v) is 27.5. The molecule has 1 aromatic heterocycles. The highest BCUT2D eigenvalue weighted by molar-refractivity contribution is 6.09. The van der Waals surface area contributed by atoms with E-state index >= 15 is 0 Å². The van der Waals surface area contributed by atoms with Crippen LogP contribution >= 0.6 is 0 Å². The fraction of sp³-hybridized carbons (Fsp3) is 0.306. The van der Waals surface area contributed by atoms with Crippen molar-refractivity contribution >= 4 is 28.9 Å². The first-order valence-electron chi connectivity index (χ1n) is 15.5. The highest BCUT2D eigenvalue weighted by Gasteiger charge is 2.35. The molecule has 2 aliphatic rings. The van der Waals surface area contributed by atoms with Gasteiger partial charge in [0, 0.05) is 72.3 Å². The predicted molar refractivity (Wildman–Crippen MR) is 182 cm³/mol. The summed E-state index contributed by atoms with van der Waals surface area (Å²) in [5, 5.41) is 5.95. The Kier molecular flexibility index (Phi) is 9.15. The molecule has 250 valence electrons. The summed E-state index contributed by atoms with van der Waals surface area (Å²) >= 11 is 0. The number of carbonyl (C=O) groups is 2. The van der Waals surface area contributed by atoms with Crippen molar-refractivity contribution in [2.75, 3.05) is 64.2 Å². The summed E-state index contributed by atoms with van der Waals surface area (Å²) in [7, 11) is 7.54. The third-order valence-corrected chi connectivity index (χ3v) is 8.86. The van der Waals surface area contributed by atoms with Crippen molar-refractivity contribution in [2.24, 2.45) is 5.92 Å². The summed E-state index contributed by atoms with van der Waals surface area (Å²) in [6.45, 7) is 1.96. The van der Waals surface area contributed by atoms with Gasteiger partial charge in [-0.1, -0.05) is 6.07 Å². The number of rotatable bonds is 10. The Morgan fingerprint density at radius 2 is 1.40 bits per heavy atom. The van der Waals surface area contributed by atoms with Gasteiger partial charge in [0.15, 0.2) is 11.5 Å². The third kappa shape index (κ3) is 6.33. The van der Waals surface area contributed by atoms with Crippen LogP contribution in [0.15, 0.2) is 71.5 Å². The lowest BCUT2D eigenvalue weighted by Gasteiger charge is -2.44. The molecule has 0 spiro atoms. The fourth-order valence-electron chi connectivity index (χ4n) is 6.64. The molecule has 12 nitrogen and oxygen atoms in total. The van der Waals surface area contributed by atoms with Crippen LogP contribution in [0.1, 0.15) is 38.7 Å². The molecule has 2 aliphatic heterocycles. The SMILES string of the molecule is COc1cc(OC)cc(C(=O)Nc2cc(C(=O)Nc3cc(OC)c(OC)c(OC)c3)ccc2N2C[C@H]3C[C@@H](C2)c2cccc(=O)n2C3)c1. The number of anilines is 3. The van der Waals surface area contributed by atoms with E-state index in [0.29, 0.717) is 70.9 Å². The second-order valence-corrected chi connectivity index (χ2v) is 11.8. The van der Waals surface area contributed by atoms with E-state index < -0.39 is 11.8 Å². The molecule has 1 saturated heterocycles. The van der Waals surface area contributed by atoms with E-state index in [2.05, 4.69) is 15.5 Å². The van der Waals surface area contributed by atoms with Gasteiger partial charge in [-0.25, -0.2) is 0 Å². The van der Waals surface area contributed by atoms with Crippen LogP contribution < -0.4 is 44.8 Å². The van der Waals surface area contributed by atoms with E-state index in [-0.39, 0.29) is 17.4 Å². The van der Waals surface area contributed by atoms with Crippen LogP contribution in [-0.2, 0) is 6.54 Å². The molecule has 48 heavy (non-hydrogen) atoms. The van der Waals surface area contributed by atoms with E-state index in [1.165, 1.54) is 35.5 Å². The Balaban J connectivity index is 1.35. The molecule has 2 atom stereocenters. The molecule has 2 N–H and O–H groups in total. The van der Waals surface area contributed by atoms with E-state index in [9.17, 15) is 14.4 Å². The lowest BCUT2D eigenvalue weighted by atomic mass is 9.83. The molecule has 3 heterocycles.